The number of hydrogen-bond donors (Lipinski definition) is 4. The van der Waals surface area contributed by atoms with E-state index in [0.717, 1.165) is 12.1 Å². The number of hydrazine groups is 1. The minimum absolute atomic E-state index is 0.00704. The molecular weight excluding hydrogens is 214 g/mol. The van der Waals surface area contributed by atoms with E-state index in [1.807, 2.05) is 30.3 Å². The van der Waals surface area contributed by atoms with Gasteiger partial charge in [0.2, 0.25) is 0 Å². The molecule has 0 aliphatic rings. The molecule has 1 rings (SSSR count). The van der Waals surface area contributed by atoms with Gasteiger partial charge in [0.25, 0.3) is 0 Å². The zero-order chi connectivity index (χ0) is 12.7. The van der Waals surface area contributed by atoms with Crippen molar-refractivity contribution in [2.75, 3.05) is 5.32 Å². The van der Waals surface area contributed by atoms with Gasteiger partial charge >= 0.3 is 0 Å². The molecule has 1 aromatic rings. The molecule has 0 amide bonds. The van der Waals surface area contributed by atoms with E-state index >= 15 is 0 Å². The lowest BCUT2D eigenvalue weighted by molar-refractivity contribution is 0.568. The lowest BCUT2D eigenvalue weighted by Crippen LogP contribution is -2.44. The maximum absolute atomic E-state index is 5.41. The van der Waals surface area contributed by atoms with Gasteiger partial charge < -0.3 is 16.6 Å². The second-order valence-electron chi connectivity index (χ2n) is 4.35. The molecule has 94 valence electrons. The lowest BCUT2D eigenvalue weighted by Gasteiger charge is -2.22. The Hall–Kier alpha value is -1.75. The number of anilines is 1. The number of nitrogens with zero attached hydrogens (tertiary/aromatic N) is 1. The number of para-hydroxylation sites is 1. The maximum atomic E-state index is 5.41. The van der Waals surface area contributed by atoms with Gasteiger partial charge in [-0.2, -0.15) is 5.10 Å². The predicted molar refractivity (Wildman–Crippen MR) is 72.3 cm³/mol. The Morgan fingerprint density at radius 2 is 1.94 bits per heavy atom. The van der Waals surface area contributed by atoms with Gasteiger partial charge in [0.15, 0.2) is 5.84 Å². The molecule has 0 aromatic heterocycles. The first-order valence-electron chi connectivity index (χ1n) is 5.73. The number of nitrogens with two attached hydrogens (primary N) is 2. The highest BCUT2D eigenvalue weighted by Crippen LogP contribution is 2.13. The van der Waals surface area contributed by atoms with E-state index in [4.69, 9.17) is 11.7 Å². The van der Waals surface area contributed by atoms with Crippen LogP contribution >= 0.6 is 0 Å². The Bertz CT molecular complexity index is 347. The third-order valence-electron chi connectivity index (χ3n) is 2.44. The van der Waals surface area contributed by atoms with E-state index in [1.54, 1.807) is 0 Å². The summed E-state index contributed by atoms with van der Waals surface area (Å²) >= 11 is 0. The van der Waals surface area contributed by atoms with Crippen LogP contribution in [0.1, 0.15) is 20.3 Å². The van der Waals surface area contributed by atoms with Crippen molar-refractivity contribution in [3.63, 3.8) is 0 Å². The van der Waals surface area contributed by atoms with Crippen LogP contribution in [-0.2, 0) is 0 Å². The molecule has 0 saturated heterocycles. The minimum atomic E-state index is -0.00704. The minimum Gasteiger partial charge on any atom is -0.375 e. The average Bonchev–Trinajstić information content (AvgIpc) is 2.31. The molecule has 1 aromatic carbocycles. The molecule has 5 heteroatoms. The number of nitrogens with one attached hydrogen (secondary N) is 2. The normalized spacial score (nSPS) is 13.5. The molecule has 0 saturated carbocycles. The standard InChI is InChI=1S/C12H21N5/c1-9(2)8-11(12(16-13)17-14)15-10-6-4-3-5-7-10/h3-7,9,11,15H,8,13-14H2,1-2H3,(H,16,17). The summed E-state index contributed by atoms with van der Waals surface area (Å²) in [5, 5.41) is 7.03. The number of amidine groups is 1. The van der Waals surface area contributed by atoms with Crippen molar-refractivity contribution in [3.8, 4) is 0 Å². The summed E-state index contributed by atoms with van der Waals surface area (Å²) in [6.45, 7) is 4.29. The smallest absolute Gasteiger partial charge is 0.158 e. The van der Waals surface area contributed by atoms with Crippen LogP contribution < -0.4 is 22.4 Å². The Morgan fingerprint density at radius 3 is 2.41 bits per heavy atom. The second kappa shape index (κ2) is 6.75. The third-order valence-corrected chi connectivity index (χ3v) is 2.44. The van der Waals surface area contributed by atoms with E-state index in [9.17, 15) is 0 Å². The van der Waals surface area contributed by atoms with Crippen molar-refractivity contribution in [2.24, 2.45) is 22.7 Å². The number of benzene rings is 1. The number of hydrazone groups is 1. The fourth-order valence-corrected chi connectivity index (χ4v) is 1.67. The average molecular weight is 235 g/mol. The van der Waals surface area contributed by atoms with Gasteiger partial charge in [-0.1, -0.05) is 32.0 Å². The molecule has 0 radical (unpaired) electrons. The quantitative estimate of drug-likeness (QED) is 0.268. The molecule has 0 fully saturated rings. The number of rotatable bonds is 5. The van der Waals surface area contributed by atoms with Gasteiger partial charge in [-0.25, -0.2) is 5.84 Å². The van der Waals surface area contributed by atoms with Gasteiger partial charge in [-0.15, -0.1) is 0 Å². The molecule has 0 aliphatic carbocycles. The first kappa shape index (κ1) is 13.3. The molecule has 1 unspecified atom stereocenters. The van der Waals surface area contributed by atoms with E-state index in [-0.39, 0.29) is 6.04 Å². The van der Waals surface area contributed by atoms with E-state index < -0.39 is 0 Å². The Balaban J connectivity index is 2.77. The predicted octanol–water partition coefficient (Wildman–Crippen LogP) is 1.25. The van der Waals surface area contributed by atoms with Crippen LogP contribution in [-0.4, -0.2) is 11.9 Å². The molecule has 0 aliphatic heterocycles. The first-order valence-corrected chi connectivity index (χ1v) is 5.73. The zero-order valence-electron chi connectivity index (χ0n) is 10.4. The van der Waals surface area contributed by atoms with Crippen LogP contribution in [0, 0.1) is 5.92 Å². The maximum Gasteiger partial charge on any atom is 0.158 e. The van der Waals surface area contributed by atoms with Crippen LogP contribution in [0.25, 0.3) is 0 Å². The summed E-state index contributed by atoms with van der Waals surface area (Å²) in [4.78, 5) is 0. The molecule has 1 atom stereocenters. The largest absolute Gasteiger partial charge is 0.375 e. The summed E-state index contributed by atoms with van der Waals surface area (Å²) in [6.07, 6.45) is 0.898. The Labute approximate surface area is 102 Å². The second-order valence-corrected chi connectivity index (χ2v) is 4.35. The molecule has 5 nitrogen and oxygen atoms in total. The molecular formula is C12H21N5. The van der Waals surface area contributed by atoms with Crippen LogP contribution in [0.2, 0.25) is 0 Å². The summed E-state index contributed by atoms with van der Waals surface area (Å²) in [5.41, 5.74) is 3.56. The van der Waals surface area contributed by atoms with Gasteiger partial charge in [0.1, 0.15) is 0 Å². The fraction of sp³-hybridized carbons (Fsp3) is 0.417. The van der Waals surface area contributed by atoms with E-state index in [1.165, 1.54) is 0 Å². The van der Waals surface area contributed by atoms with Gasteiger partial charge in [-0.05, 0) is 24.5 Å². The first-order chi connectivity index (χ1) is 8.17. The van der Waals surface area contributed by atoms with Crippen LogP contribution in [0.4, 0.5) is 5.69 Å². The molecule has 0 heterocycles. The lowest BCUT2D eigenvalue weighted by atomic mass is 10.0. The van der Waals surface area contributed by atoms with Crippen molar-refractivity contribution in [1.82, 2.24) is 5.43 Å². The van der Waals surface area contributed by atoms with Crippen LogP contribution in [0.3, 0.4) is 0 Å². The van der Waals surface area contributed by atoms with Crippen molar-refractivity contribution in [2.45, 2.75) is 26.3 Å². The fourth-order valence-electron chi connectivity index (χ4n) is 1.67. The number of hydrogen-bond acceptors (Lipinski definition) is 4. The van der Waals surface area contributed by atoms with Crippen molar-refractivity contribution >= 4 is 11.5 Å². The van der Waals surface area contributed by atoms with E-state index in [2.05, 4.69) is 29.7 Å². The zero-order valence-corrected chi connectivity index (χ0v) is 10.4. The van der Waals surface area contributed by atoms with Crippen LogP contribution in [0.5, 0.6) is 0 Å². The van der Waals surface area contributed by atoms with Crippen LogP contribution in [0.15, 0.2) is 35.4 Å². The highest BCUT2D eigenvalue weighted by molar-refractivity contribution is 5.89. The van der Waals surface area contributed by atoms with E-state index in [0.29, 0.717) is 11.8 Å². The molecule has 0 bridgehead atoms. The summed E-state index contributed by atoms with van der Waals surface area (Å²) in [7, 11) is 0. The highest BCUT2D eigenvalue weighted by atomic mass is 15.3. The molecule has 17 heavy (non-hydrogen) atoms. The van der Waals surface area contributed by atoms with Gasteiger partial charge in [0.05, 0.1) is 6.04 Å². The Kier molecular flexibility index (Phi) is 5.29. The Morgan fingerprint density at radius 1 is 1.29 bits per heavy atom. The van der Waals surface area contributed by atoms with Crippen molar-refractivity contribution < 1.29 is 0 Å². The molecule has 0 spiro atoms. The molecule has 6 N–H and O–H groups in total. The summed E-state index contributed by atoms with van der Waals surface area (Å²) in [5.74, 6) is 11.8. The van der Waals surface area contributed by atoms with Gasteiger partial charge in [0, 0.05) is 5.69 Å². The van der Waals surface area contributed by atoms with Crippen molar-refractivity contribution in [1.29, 1.82) is 0 Å². The summed E-state index contributed by atoms with van der Waals surface area (Å²) in [6, 6.07) is 9.92. The SMILES string of the molecule is CC(C)CC(Nc1ccccc1)/C(=N/N)NN. The monoisotopic (exact) mass is 235 g/mol. The van der Waals surface area contributed by atoms with Crippen molar-refractivity contribution in [3.05, 3.63) is 30.3 Å². The third kappa shape index (κ3) is 4.32. The topological polar surface area (TPSA) is 88.5 Å². The summed E-state index contributed by atoms with van der Waals surface area (Å²) < 4.78 is 0. The highest BCUT2D eigenvalue weighted by Gasteiger charge is 2.16. The van der Waals surface area contributed by atoms with Gasteiger partial charge in [-0.3, -0.25) is 0 Å².